The molecule has 0 unspecified atom stereocenters. The number of aromatic nitrogens is 4. The van der Waals surface area contributed by atoms with Gasteiger partial charge in [-0.2, -0.15) is 14.1 Å². The molecule has 1 fully saturated rings. The van der Waals surface area contributed by atoms with Crippen LogP contribution in [0.5, 0.6) is 0 Å². The molecule has 0 spiro atoms. The number of ether oxygens (including phenoxy) is 1. The number of amides is 1. The first-order valence-corrected chi connectivity index (χ1v) is 14.4. The number of anilines is 1. The molecule has 1 saturated heterocycles. The summed E-state index contributed by atoms with van der Waals surface area (Å²) in [7, 11) is -3.67. The van der Waals surface area contributed by atoms with Crippen LogP contribution in [0.25, 0.3) is 16.5 Å². The normalized spacial score (nSPS) is 14.4. The van der Waals surface area contributed by atoms with E-state index in [1.165, 1.54) is 50.7 Å². The zero-order valence-electron chi connectivity index (χ0n) is 20.6. The fourth-order valence-corrected chi connectivity index (χ4v) is 6.15. The molecular formula is C25H26N6O5S2. The van der Waals surface area contributed by atoms with Crippen molar-refractivity contribution in [1.29, 1.82) is 0 Å². The quantitative estimate of drug-likeness (QED) is 0.341. The summed E-state index contributed by atoms with van der Waals surface area (Å²) in [6.45, 7) is 3.27. The minimum atomic E-state index is -3.67. The molecule has 1 aliphatic heterocycles. The lowest BCUT2D eigenvalue weighted by atomic mass is 10.2. The molecule has 4 heterocycles. The third-order valence-electron chi connectivity index (χ3n) is 5.94. The van der Waals surface area contributed by atoms with Crippen LogP contribution in [0.4, 0.5) is 5.82 Å². The molecule has 4 aromatic rings. The van der Waals surface area contributed by atoms with Crippen molar-refractivity contribution in [2.45, 2.75) is 24.7 Å². The highest BCUT2D eigenvalue weighted by atomic mass is 32.2. The van der Waals surface area contributed by atoms with E-state index in [1.54, 1.807) is 6.07 Å². The number of hydrogen-bond donors (Lipinski definition) is 2. The van der Waals surface area contributed by atoms with Crippen LogP contribution in [0.2, 0.25) is 0 Å². The molecule has 0 atom stereocenters. The fraction of sp³-hybridized carbons (Fsp3) is 0.280. The van der Waals surface area contributed by atoms with Crippen LogP contribution in [0.3, 0.4) is 0 Å². The first-order valence-electron chi connectivity index (χ1n) is 12.1. The number of aromatic amines is 1. The van der Waals surface area contributed by atoms with E-state index < -0.39 is 15.9 Å². The summed E-state index contributed by atoms with van der Waals surface area (Å²) in [4.78, 5) is 33.7. The predicted octanol–water partition coefficient (Wildman–Crippen LogP) is 2.91. The Morgan fingerprint density at radius 1 is 1.16 bits per heavy atom. The van der Waals surface area contributed by atoms with E-state index in [9.17, 15) is 18.0 Å². The van der Waals surface area contributed by atoms with Crippen molar-refractivity contribution in [2.24, 2.45) is 0 Å². The Hall–Kier alpha value is -3.65. The van der Waals surface area contributed by atoms with E-state index in [0.717, 1.165) is 11.3 Å². The average molecular weight is 555 g/mol. The summed E-state index contributed by atoms with van der Waals surface area (Å²) in [5, 5.41) is 9.34. The smallest absolute Gasteiger partial charge is 0.256 e. The first-order chi connectivity index (χ1) is 18.3. The van der Waals surface area contributed by atoms with Crippen LogP contribution >= 0.6 is 11.3 Å². The zero-order valence-corrected chi connectivity index (χ0v) is 22.2. The number of rotatable bonds is 8. The van der Waals surface area contributed by atoms with E-state index >= 15 is 0 Å². The third kappa shape index (κ3) is 5.45. The Balaban J connectivity index is 1.44. The van der Waals surface area contributed by atoms with Gasteiger partial charge in [-0.1, -0.05) is 19.4 Å². The number of carbonyl (C=O) groups is 1. The van der Waals surface area contributed by atoms with Crippen LogP contribution in [0.15, 0.2) is 63.6 Å². The number of aryl methyl sites for hydroxylation is 1. The molecule has 5 rings (SSSR count). The molecule has 13 heteroatoms. The fourth-order valence-electron chi connectivity index (χ4n) is 4.06. The molecule has 1 amide bonds. The van der Waals surface area contributed by atoms with Crippen molar-refractivity contribution in [1.82, 2.24) is 24.1 Å². The minimum absolute atomic E-state index is 0.107. The molecule has 0 aliphatic carbocycles. The van der Waals surface area contributed by atoms with Gasteiger partial charge < -0.3 is 10.1 Å². The molecule has 38 heavy (non-hydrogen) atoms. The lowest BCUT2D eigenvalue weighted by Gasteiger charge is -2.26. The highest BCUT2D eigenvalue weighted by Gasteiger charge is 2.26. The number of sulfonamides is 1. The van der Waals surface area contributed by atoms with Crippen LogP contribution in [-0.2, 0) is 21.2 Å². The highest BCUT2D eigenvalue weighted by Crippen LogP contribution is 2.28. The third-order valence-corrected chi connectivity index (χ3v) is 8.74. The molecule has 3 aromatic heterocycles. The number of nitrogens with zero attached hydrogens (tertiary/aromatic N) is 4. The predicted molar refractivity (Wildman–Crippen MR) is 143 cm³/mol. The van der Waals surface area contributed by atoms with Gasteiger partial charge in [-0.15, -0.1) is 11.3 Å². The number of H-pyrrole nitrogens is 1. The van der Waals surface area contributed by atoms with Gasteiger partial charge in [0.15, 0.2) is 0 Å². The Kier molecular flexibility index (Phi) is 7.51. The summed E-state index contributed by atoms with van der Waals surface area (Å²) in [5.41, 5.74) is 1.16. The maximum absolute atomic E-state index is 13.2. The van der Waals surface area contributed by atoms with Gasteiger partial charge in [0, 0.05) is 36.5 Å². The largest absolute Gasteiger partial charge is 0.379 e. The van der Waals surface area contributed by atoms with Crippen LogP contribution in [-0.4, -0.2) is 64.7 Å². The number of nitrogens with one attached hydrogen (secondary N) is 2. The number of morpholine rings is 1. The van der Waals surface area contributed by atoms with E-state index in [4.69, 9.17) is 4.74 Å². The highest BCUT2D eigenvalue weighted by molar-refractivity contribution is 7.89. The standard InChI is InChI=1S/C25H26N6O5S2/c1-2-4-18-15-23(32)28-25(26-18)31-22(16-20(29-31)21-5-3-14-37-21)27-24(33)17-6-8-19(9-7-17)38(34,35)30-10-12-36-13-11-30/h3,5-9,14-16H,2,4,10-13H2,1H3,(H,27,33)(H,26,28,32). The minimum Gasteiger partial charge on any atom is -0.379 e. The van der Waals surface area contributed by atoms with Crippen LogP contribution in [0.1, 0.15) is 29.4 Å². The summed E-state index contributed by atoms with van der Waals surface area (Å²) in [6.07, 6.45) is 1.44. The first kappa shape index (κ1) is 26.0. The second kappa shape index (κ2) is 11.0. The maximum atomic E-state index is 13.2. The van der Waals surface area contributed by atoms with Gasteiger partial charge in [0.25, 0.3) is 11.5 Å². The van der Waals surface area contributed by atoms with E-state index in [0.29, 0.717) is 36.8 Å². The van der Waals surface area contributed by atoms with Gasteiger partial charge in [-0.05, 0) is 42.1 Å². The lowest BCUT2D eigenvalue weighted by molar-refractivity contribution is 0.0730. The molecule has 11 nitrogen and oxygen atoms in total. The van der Waals surface area contributed by atoms with E-state index in [-0.39, 0.29) is 35.1 Å². The maximum Gasteiger partial charge on any atom is 0.256 e. The van der Waals surface area contributed by atoms with Crippen molar-refractivity contribution in [3.63, 3.8) is 0 Å². The summed E-state index contributed by atoms with van der Waals surface area (Å²) in [6, 6.07) is 12.7. The molecule has 0 radical (unpaired) electrons. The van der Waals surface area contributed by atoms with Crippen molar-refractivity contribution in [3.8, 4) is 16.5 Å². The monoisotopic (exact) mass is 554 g/mol. The molecule has 1 aliphatic rings. The zero-order chi connectivity index (χ0) is 26.7. The Bertz CT molecular complexity index is 1590. The second-order valence-corrected chi connectivity index (χ2v) is 11.5. The molecule has 198 valence electrons. The van der Waals surface area contributed by atoms with Gasteiger partial charge >= 0.3 is 0 Å². The Morgan fingerprint density at radius 2 is 1.92 bits per heavy atom. The van der Waals surface area contributed by atoms with E-state index in [1.807, 2.05) is 24.4 Å². The molecule has 2 N–H and O–H groups in total. The topological polar surface area (TPSA) is 139 Å². The molecule has 0 saturated carbocycles. The average Bonchev–Trinajstić information content (AvgIpc) is 3.60. The van der Waals surface area contributed by atoms with Crippen molar-refractivity contribution in [3.05, 3.63) is 75.5 Å². The number of benzene rings is 1. The second-order valence-electron chi connectivity index (χ2n) is 8.61. The summed E-state index contributed by atoms with van der Waals surface area (Å²) >= 11 is 1.49. The summed E-state index contributed by atoms with van der Waals surface area (Å²) < 4.78 is 33.8. The Labute approximate surface area is 223 Å². The van der Waals surface area contributed by atoms with E-state index in [2.05, 4.69) is 20.4 Å². The number of carbonyl (C=O) groups excluding carboxylic acids is 1. The van der Waals surface area contributed by atoms with Gasteiger partial charge in [0.1, 0.15) is 11.5 Å². The van der Waals surface area contributed by atoms with Gasteiger partial charge in [0.2, 0.25) is 16.0 Å². The molecule has 1 aromatic carbocycles. The Morgan fingerprint density at radius 3 is 2.61 bits per heavy atom. The van der Waals surface area contributed by atoms with Gasteiger partial charge in [-0.25, -0.2) is 13.4 Å². The summed E-state index contributed by atoms with van der Waals surface area (Å²) in [5.74, 6) is 0.0254. The molecular weight excluding hydrogens is 528 g/mol. The van der Waals surface area contributed by atoms with Gasteiger partial charge in [0.05, 0.1) is 23.0 Å². The SMILES string of the molecule is CCCc1cc(=O)[nH]c(-n2nc(-c3cccs3)cc2NC(=O)c2ccc(S(=O)(=O)N3CCOCC3)cc2)n1. The lowest BCUT2D eigenvalue weighted by Crippen LogP contribution is -2.40. The number of thiophene rings is 1. The van der Waals surface area contributed by atoms with Crippen molar-refractivity contribution in [2.75, 3.05) is 31.6 Å². The van der Waals surface area contributed by atoms with Gasteiger partial charge in [-0.3, -0.25) is 14.6 Å². The van der Waals surface area contributed by atoms with Crippen LogP contribution in [0, 0.1) is 0 Å². The van der Waals surface area contributed by atoms with Crippen molar-refractivity contribution < 1.29 is 17.9 Å². The van der Waals surface area contributed by atoms with Crippen molar-refractivity contribution >= 4 is 33.1 Å². The molecule has 0 bridgehead atoms. The number of hydrogen-bond acceptors (Lipinski definition) is 8. The van der Waals surface area contributed by atoms with Crippen LogP contribution < -0.4 is 10.9 Å².